The van der Waals surface area contributed by atoms with Crippen molar-refractivity contribution in [2.75, 3.05) is 13.2 Å². The number of aliphatic carboxylic acids is 2. The summed E-state index contributed by atoms with van der Waals surface area (Å²) in [7, 11) is 0. The van der Waals surface area contributed by atoms with Crippen LogP contribution in [0.3, 0.4) is 0 Å². The van der Waals surface area contributed by atoms with Crippen molar-refractivity contribution < 1.29 is 35.1 Å². The lowest BCUT2D eigenvalue weighted by Crippen LogP contribution is -2.21. The average molecular weight is 292 g/mol. The third kappa shape index (κ3) is 22.0. The number of carbonyl (C=O) groups is 2. The van der Waals surface area contributed by atoms with Crippen molar-refractivity contribution in [2.24, 2.45) is 0 Å². The van der Waals surface area contributed by atoms with Crippen LogP contribution in [0.25, 0.3) is 0 Å². The average Bonchev–Trinajstić information content (AvgIpc) is 2.40. The van der Waals surface area contributed by atoms with Gasteiger partial charge in [-0.3, -0.25) is 0 Å². The molecule has 0 unspecified atom stereocenters. The third-order valence-corrected chi connectivity index (χ3v) is 2.43. The maximum atomic E-state index is 10.0. The maximum Gasteiger partial charge on any atom is 0.100 e. The molecule has 0 saturated carbocycles. The molecule has 0 spiro atoms. The van der Waals surface area contributed by atoms with E-state index in [1.807, 2.05) is 0 Å². The van der Waals surface area contributed by atoms with Crippen molar-refractivity contribution in [3.63, 3.8) is 0 Å². The summed E-state index contributed by atoms with van der Waals surface area (Å²) >= 11 is 0. The molecule has 0 aliphatic heterocycles. The molecule has 0 aromatic heterocycles. The van der Waals surface area contributed by atoms with Gasteiger partial charge in [0.2, 0.25) is 0 Å². The zero-order valence-electron chi connectivity index (χ0n) is 11.6. The normalized spacial score (nSPS) is 10.0. The standard InChI is InChI=1S/C10H18O4.C3H8O3/c11-9(12)7-5-3-1-2-4-6-8-10(13)14;4-1-3(6)2-5/h1-8H2,(H,11,12)(H,13,14);3-6H,1-2H2/p-2. The number of unbranched alkanes of at least 4 members (excludes halogenated alkanes) is 5. The Morgan fingerprint density at radius 3 is 1.25 bits per heavy atom. The first-order chi connectivity index (χ1) is 9.43. The van der Waals surface area contributed by atoms with Gasteiger partial charge in [0.15, 0.2) is 0 Å². The second-order valence-corrected chi connectivity index (χ2v) is 4.38. The summed E-state index contributed by atoms with van der Waals surface area (Å²) < 4.78 is 0. The molecule has 0 radical (unpaired) electrons. The summed E-state index contributed by atoms with van der Waals surface area (Å²) in [6, 6.07) is 0. The zero-order chi connectivity index (χ0) is 15.8. The quantitative estimate of drug-likeness (QED) is 0.372. The Kier molecular flexibility index (Phi) is 16.8. The minimum atomic E-state index is -0.998. The van der Waals surface area contributed by atoms with Gasteiger partial charge in [-0.15, -0.1) is 0 Å². The van der Waals surface area contributed by atoms with Crippen LogP contribution in [0.1, 0.15) is 51.4 Å². The van der Waals surface area contributed by atoms with Gasteiger partial charge < -0.3 is 35.1 Å². The zero-order valence-corrected chi connectivity index (χ0v) is 11.6. The molecule has 0 aromatic rings. The van der Waals surface area contributed by atoms with E-state index in [4.69, 9.17) is 15.3 Å². The van der Waals surface area contributed by atoms with E-state index in [0.717, 1.165) is 25.7 Å². The fourth-order valence-corrected chi connectivity index (χ4v) is 1.30. The summed E-state index contributed by atoms with van der Waals surface area (Å²) in [5.74, 6) is -2.00. The van der Waals surface area contributed by atoms with Crippen molar-refractivity contribution in [1.82, 2.24) is 0 Å². The SMILES string of the molecule is O=C([O-])CCCCCCCCC(=O)[O-].OCC(O)CO. The van der Waals surface area contributed by atoms with E-state index < -0.39 is 18.0 Å². The van der Waals surface area contributed by atoms with E-state index in [-0.39, 0.29) is 26.1 Å². The number of rotatable bonds is 11. The lowest BCUT2D eigenvalue weighted by Gasteiger charge is -2.03. The molecule has 0 aromatic carbocycles. The topological polar surface area (TPSA) is 141 Å². The lowest BCUT2D eigenvalue weighted by molar-refractivity contribution is -0.307. The molecule has 0 rings (SSSR count). The lowest BCUT2D eigenvalue weighted by atomic mass is 10.1. The van der Waals surface area contributed by atoms with Gasteiger partial charge in [-0.25, -0.2) is 0 Å². The largest absolute Gasteiger partial charge is 0.550 e. The van der Waals surface area contributed by atoms with Crippen LogP contribution < -0.4 is 10.2 Å². The van der Waals surface area contributed by atoms with Crippen LogP contribution >= 0.6 is 0 Å². The molecule has 0 aliphatic rings. The van der Waals surface area contributed by atoms with Crippen LogP contribution in [0.4, 0.5) is 0 Å². The first-order valence-electron chi connectivity index (χ1n) is 6.73. The fourth-order valence-electron chi connectivity index (χ4n) is 1.30. The predicted octanol–water partition coefficient (Wildman–Crippen LogP) is -2.06. The van der Waals surface area contributed by atoms with Crippen molar-refractivity contribution in [2.45, 2.75) is 57.5 Å². The first kappa shape index (κ1) is 21.1. The Hall–Kier alpha value is -1.18. The first-order valence-corrected chi connectivity index (χ1v) is 6.73. The van der Waals surface area contributed by atoms with Crippen molar-refractivity contribution in [3.8, 4) is 0 Å². The highest BCUT2D eigenvalue weighted by Crippen LogP contribution is 2.07. The van der Waals surface area contributed by atoms with Gasteiger partial charge in [0.25, 0.3) is 0 Å². The molecule has 120 valence electrons. The molecular formula is C13H24O7-2. The predicted molar refractivity (Wildman–Crippen MR) is 67.1 cm³/mol. The van der Waals surface area contributed by atoms with Crippen LogP contribution in [0.5, 0.6) is 0 Å². The molecular weight excluding hydrogens is 268 g/mol. The Morgan fingerprint density at radius 2 is 1.05 bits per heavy atom. The molecule has 0 aliphatic carbocycles. The fraction of sp³-hybridized carbons (Fsp3) is 0.846. The van der Waals surface area contributed by atoms with Crippen molar-refractivity contribution in [3.05, 3.63) is 0 Å². The highest BCUT2D eigenvalue weighted by molar-refractivity contribution is 5.64. The molecule has 7 heteroatoms. The van der Waals surface area contributed by atoms with Crippen molar-refractivity contribution >= 4 is 11.9 Å². The second-order valence-electron chi connectivity index (χ2n) is 4.38. The smallest absolute Gasteiger partial charge is 0.100 e. The number of hydrogen-bond donors (Lipinski definition) is 3. The number of hydrogen-bond acceptors (Lipinski definition) is 7. The van der Waals surface area contributed by atoms with E-state index in [0.29, 0.717) is 12.8 Å². The molecule has 0 saturated heterocycles. The van der Waals surface area contributed by atoms with Gasteiger partial charge in [0, 0.05) is 11.9 Å². The minimum absolute atomic E-state index is 0.124. The van der Waals surface area contributed by atoms with Gasteiger partial charge in [-0.05, 0) is 25.7 Å². The number of carbonyl (C=O) groups excluding carboxylic acids is 2. The Bertz CT molecular complexity index is 219. The molecule has 7 nitrogen and oxygen atoms in total. The van der Waals surface area contributed by atoms with Crippen LogP contribution in [-0.4, -0.2) is 46.6 Å². The highest BCUT2D eigenvalue weighted by atomic mass is 16.4. The van der Waals surface area contributed by atoms with Gasteiger partial charge in [0.1, 0.15) is 6.10 Å². The van der Waals surface area contributed by atoms with E-state index in [2.05, 4.69) is 0 Å². The number of carboxylic acids is 2. The summed E-state index contributed by atoms with van der Waals surface area (Å²) in [6.07, 6.45) is 4.27. The van der Waals surface area contributed by atoms with E-state index in [9.17, 15) is 19.8 Å². The molecule has 3 N–H and O–H groups in total. The summed E-state index contributed by atoms with van der Waals surface area (Å²) in [6.45, 7) is -0.729. The van der Waals surface area contributed by atoms with Gasteiger partial charge in [-0.2, -0.15) is 0 Å². The molecule has 0 bridgehead atoms. The van der Waals surface area contributed by atoms with Gasteiger partial charge in [-0.1, -0.05) is 25.7 Å². The van der Waals surface area contributed by atoms with Crippen LogP contribution in [0, 0.1) is 0 Å². The number of aliphatic hydroxyl groups is 3. The summed E-state index contributed by atoms with van der Waals surface area (Å²) in [5.41, 5.74) is 0. The summed E-state index contributed by atoms with van der Waals surface area (Å²) in [4.78, 5) is 20.1. The Morgan fingerprint density at radius 1 is 0.750 bits per heavy atom. The summed E-state index contributed by atoms with van der Waals surface area (Å²) in [5, 5.41) is 44.1. The minimum Gasteiger partial charge on any atom is -0.550 e. The van der Waals surface area contributed by atoms with Crippen LogP contribution in [-0.2, 0) is 9.59 Å². The Balaban J connectivity index is 0. The van der Waals surface area contributed by atoms with Crippen molar-refractivity contribution in [1.29, 1.82) is 0 Å². The van der Waals surface area contributed by atoms with Crippen LogP contribution in [0.15, 0.2) is 0 Å². The van der Waals surface area contributed by atoms with E-state index >= 15 is 0 Å². The highest BCUT2D eigenvalue weighted by Gasteiger charge is 1.94. The molecule has 0 fully saturated rings. The van der Waals surface area contributed by atoms with Gasteiger partial charge >= 0.3 is 0 Å². The third-order valence-electron chi connectivity index (χ3n) is 2.43. The van der Waals surface area contributed by atoms with E-state index in [1.54, 1.807) is 0 Å². The van der Waals surface area contributed by atoms with E-state index in [1.165, 1.54) is 0 Å². The molecule has 20 heavy (non-hydrogen) atoms. The maximum absolute atomic E-state index is 10.0. The number of carboxylic acid groups (broad SMARTS) is 2. The monoisotopic (exact) mass is 292 g/mol. The number of aliphatic hydroxyl groups excluding tert-OH is 3. The van der Waals surface area contributed by atoms with Crippen LogP contribution in [0.2, 0.25) is 0 Å². The molecule has 0 heterocycles. The second kappa shape index (κ2) is 15.9. The molecule has 0 atom stereocenters. The van der Waals surface area contributed by atoms with Gasteiger partial charge in [0.05, 0.1) is 13.2 Å². The molecule has 0 amide bonds. The Labute approximate surface area is 118 Å².